The van der Waals surface area contributed by atoms with Gasteiger partial charge in [0.1, 0.15) is 17.7 Å². The highest BCUT2D eigenvalue weighted by atomic mass is 19.3. The van der Waals surface area contributed by atoms with Crippen LogP contribution >= 0.6 is 0 Å². The largest absolute Gasteiger partial charge is 0.335 e. The molecule has 9 heteroatoms. The van der Waals surface area contributed by atoms with Crippen molar-refractivity contribution >= 4 is 16.9 Å². The fourth-order valence-electron chi connectivity index (χ4n) is 3.84. The summed E-state index contributed by atoms with van der Waals surface area (Å²) in [5.74, 6) is 4.07. The summed E-state index contributed by atoms with van der Waals surface area (Å²) in [6.45, 7) is 2.58. The molecule has 3 aromatic heterocycles. The normalized spacial score (nSPS) is 16.4. The molecule has 4 rings (SSSR count). The zero-order chi connectivity index (χ0) is 20.6. The number of piperidine rings is 1. The number of alkyl halides is 2. The van der Waals surface area contributed by atoms with E-state index in [1.807, 2.05) is 30.8 Å². The predicted molar refractivity (Wildman–Crippen MR) is 108 cm³/mol. The summed E-state index contributed by atoms with van der Waals surface area (Å²) in [5, 5.41) is 2.55. The predicted octanol–water partition coefficient (Wildman–Crippen LogP) is 2.61. The van der Waals surface area contributed by atoms with Crippen LogP contribution in [0.15, 0.2) is 36.9 Å². The van der Waals surface area contributed by atoms with Crippen molar-refractivity contribution < 1.29 is 8.78 Å². The molecule has 1 saturated heterocycles. The molecule has 2 N–H and O–H groups in total. The lowest BCUT2D eigenvalue weighted by Gasteiger charge is -2.37. The molecular weight excluding hydrogens is 376 g/mol. The van der Waals surface area contributed by atoms with E-state index in [9.17, 15) is 8.78 Å². The number of fused-ring (bicyclic) bond motifs is 1. The Bertz CT molecular complexity index is 978. The van der Waals surface area contributed by atoms with Crippen LogP contribution in [0.3, 0.4) is 0 Å². The lowest BCUT2D eigenvalue weighted by Crippen LogP contribution is -2.50. The van der Waals surface area contributed by atoms with E-state index >= 15 is 0 Å². The Morgan fingerprint density at radius 3 is 2.62 bits per heavy atom. The second-order valence-corrected chi connectivity index (χ2v) is 7.70. The highest BCUT2D eigenvalue weighted by molar-refractivity contribution is 5.87. The number of likely N-dealkylation sites (tertiary alicyclic amines) is 1. The average molecular weight is 401 g/mol. The Morgan fingerprint density at radius 1 is 1.17 bits per heavy atom. The van der Waals surface area contributed by atoms with Gasteiger partial charge >= 0.3 is 5.92 Å². The molecule has 0 aliphatic carbocycles. The zero-order valence-electron chi connectivity index (χ0n) is 16.6. The fraction of sp³-hybridized carbons (Fsp3) is 0.450. The van der Waals surface area contributed by atoms with Gasteiger partial charge in [0, 0.05) is 38.6 Å². The number of nitrogens with zero attached hydrogens (tertiary/aromatic N) is 6. The SMILES string of the molecule is Cc1ccc(C(F)(F)CN2CCC(N(N)c3ncnc4c3ccn4C)CC2)nc1. The molecule has 7 nitrogen and oxygen atoms in total. The molecule has 0 unspecified atom stereocenters. The number of hydrogen-bond acceptors (Lipinski definition) is 6. The van der Waals surface area contributed by atoms with Crippen molar-refractivity contribution in [1.82, 2.24) is 24.4 Å². The van der Waals surface area contributed by atoms with Crippen LogP contribution in [0.2, 0.25) is 0 Å². The molecule has 0 saturated carbocycles. The number of halogens is 2. The zero-order valence-corrected chi connectivity index (χ0v) is 16.6. The van der Waals surface area contributed by atoms with E-state index in [-0.39, 0.29) is 18.3 Å². The molecule has 1 aliphatic heterocycles. The van der Waals surface area contributed by atoms with Crippen LogP contribution in [0, 0.1) is 6.92 Å². The number of aromatic nitrogens is 4. The van der Waals surface area contributed by atoms with Crippen molar-refractivity contribution in [3.8, 4) is 0 Å². The van der Waals surface area contributed by atoms with Crippen molar-refractivity contribution in [1.29, 1.82) is 0 Å². The molecule has 0 radical (unpaired) electrons. The van der Waals surface area contributed by atoms with Crippen molar-refractivity contribution in [2.75, 3.05) is 24.6 Å². The molecule has 3 aromatic rings. The summed E-state index contributed by atoms with van der Waals surface area (Å²) >= 11 is 0. The molecule has 0 spiro atoms. The third kappa shape index (κ3) is 3.92. The summed E-state index contributed by atoms with van der Waals surface area (Å²) in [5.41, 5.74) is 1.50. The number of rotatable bonds is 5. The lowest BCUT2D eigenvalue weighted by atomic mass is 10.0. The Hall–Kier alpha value is -2.65. The summed E-state index contributed by atoms with van der Waals surface area (Å²) in [6.07, 6.45) is 6.27. The molecule has 4 heterocycles. The van der Waals surface area contributed by atoms with E-state index in [4.69, 9.17) is 5.84 Å². The van der Waals surface area contributed by atoms with Crippen LogP contribution in [0.1, 0.15) is 24.1 Å². The number of anilines is 1. The first-order chi connectivity index (χ1) is 13.8. The fourth-order valence-corrected chi connectivity index (χ4v) is 3.84. The smallest absolute Gasteiger partial charge is 0.302 e. The van der Waals surface area contributed by atoms with E-state index in [1.54, 1.807) is 16.0 Å². The highest BCUT2D eigenvalue weighted by Gasteiger charge is 2.37. The van der Waals surface area contributed by atoms with Gasteiger partial charge in [0.2, 0.25) is 0 Å². The summed E-state index contributed by atoms with van der Waals surface area (Å²) in [6, 6.07) is 5.05. The second kappa shape index (κ2) is 7.64. The quantitative estimate of drug-likeness (QED) is 0.523. The Morgan fingerprint density at radius 2 is 1.93 bits per heavy atom. The molecule has 154 valence electrons. The van der Waals surface area contributed by atoms with Crippen LogP contribution in [-0.2, 0) is 13.0 Å². The highest BCUT2D eigenvalue weighted by Crippen LogP contribution is 2.30. The summed E-state index contributed by atoms with van der Waals surface area (Å²) in [4.78, 5) is 14.3. The maximum atomic E-state index is 14.6. The van der Waals surface area contributed by atoms with Gasteiger partial charge in [-0.2, -0.15) is 8.78 Å². The first kappa shape index (κ1) is 19.7. The van der Waals surface area contributed by atoms with E-state index in [1.165, 1.54) is 18.6 Å². The molecular formula is C20H25F2N7. The van der Waals surface area contributed by atoms with E-state index in [0.29, 0.717) is 31.7 Å². The third-order valence-electron chi connectivity index (χ3n) is 5.54. The first-order valence-corrected chi connectivity index (χ1v) is 9.68. The monoisotopic (exact) mass is 401 g/mol. The number of hydrazine groups is 1. The summed E-state index contributed by atoms with van der Waals surface area (Å²) in [7, 11) is 1.92. The minimum absolute atomic E-state index is 0.0377. The van der Waals surface area contributed by atoms with Gasteiger partial charge in [-0.05, 0) is 37.5 Å². The first-order valence-electron chi connectivity index (χ1n) is 9.68. The van der Waals surface area contributed by atoms with E-state index < -0.39 is 5.92 Å². The van der Waals surface area contributed by atoms with Gasteiger partial charge in [0.05, 0.1) is 11.9 Å². The van der Waals surface area contributed by atoms with Gasteiger partial charge < -0.3 is 4.57 Å². The van der Waals surface area contributed by atoms with Gasteiger partial charge in [-0.1, -0.05) is 6.07 Å². The van der Waals surface area contributed by atoms with Gasteiger partial charge in [-0.15, -0.1) is 0 Å². The molecule has 0 amide bonds. The van der Waals surface area contributed by atoms with Gasteiger partial charge in [-0.3, -0.25) is 14.9 Å². The lowest BCUT2D eigenvalue weighted by molar-refractivity contribution is -0.0462. The second-order valence-electron chi connectivity index (χ2n) is 7.70. The van der Waals surface area contributed by atoms with E-state index in [2.05, 4.69) is 15.0 Å². The number of nitrogens with two attached hydrogens (primary N) is 1. The Labute approximate surface area is 168 Å². The van der Waals surface area contributed by atoms with Gasteiger partial charge in [0.15, 0.2) is 5.82 Å². The molecule has 29 heavy (non-hydrogen) atoms. The van der Waals surface area contributed by atoms with E-state index in [0.717, 1.165) is 16.6 Å². The average Bonchev–Trinajstić information content (AvgIpc) is 3.09. The van der Waals surface area contributed by atoms with Crippen molar-refractivity contribution in [3.63, 3.8) is 0 Å². The van der Waals surface area contributed by atoms with Crippen molar-refractivity contribution in [3.05, 3.63) is 48.2 Å². The Kier molecular flexibility index (Phi) is 5.18. The molecule has 0 bridgehead atoms. The standard InChI is InChI=1S/C20H25F2N7/c1-14-3-4-17(24-11-14)20(21,22)12-28-9-5-15(6-10-28)29(23)19-16-7-8-27(2)18(16)25-13-26-19/h3-4,7-8,11,13,15H,5-6,9-10,12,23H2,1-2H3. The molecule has 0 aromatic carbocycles. The van der Waals surface area contributed by atoms with Crippen LogP contribution < -0.4 is 10.9 Å². The van der Waals surface area contributed by atoms with Crippen molar-refractivity contribution in [2.24, 2.45) is 12.9 Å². The molecule has 0 atom stereocenters. The Balaban J connectivity index is 1.40. The van der Waals surface area contributed by atoms with Crippen LogP contribution in [0.4, 0.5) is 14.6 Å². The molecule has 1 aliphatic rings. The minimum atomic E-state index is -2.98. The minimum Gasteiger partial charge on any atom is -0.335 e. The topological polar surface area (TPSA) is 76.1 Å². The number of aryl methyl sites for hydroxylation is 2. The van der Waals surface area contributed by atoms with Gasteiger partial charge in [0.25, 0.3) is 0 Å². The van der Waals surface area contributed by atoms with Crippen LogP contribution in [0.5, 0.6) is 0 Å². The van der Waals surface area contributed by atoms with Gasteiger partial charge in [-0.25, -0.2) is 15.8 Å². The maximum absolute atomic E-state index is 14.6. The molecule has 1 fully saturated rings. The summed E-state index contributed by atoms with van der Waals surface area (Å²) < 4.78 is 31.1. The van der Waals surface area contributed by atoms with Crippen LogP contribution in [-0.4, -0.2) is 50.1 Å². The number of hydrogen-bond donors (Lipinski definition) is 1. The number of pyridine rings is 1. The third-order valence-corrected chi connectivity index (χ3v) is 5.54. The van der Waals surface area contributed by atoms with Crippen LogP contribution in [0.25, 0.3) is 11.0 Å². The van der Waals surface area contributed by atoms with Crippen molar-refractivity contribution in [2.45, 2.75) is 31.7 Å². The maximum Gasteiger partial charge on any atom is 0.302 e.